The molecule has 3 N–H and O–H groups in total. The maximum Gasteiger partial charge on any atom is 0.227 e. The van der Waals surface area contributed by atoms with E-state index in [0.29, 0.717) is 13.1 Å². The van der Waals surface area contributed by atoms with Gasteiger partial charge in [-0.2, -0.15) is 0 Å². The fourth-order valence-electron chi connectivity index (χ4n) is 1.91. The topological polar surface area (TPSA) is 55.1 Å². The molecule has 3 nitrogen and oxygen atoms in total. The minimum atomic E-state index is -0.245. The largest absolute Gasteiger partial charge is 0.355 e. The van der Waals surface area contributed by atoms with Gasteiger partial charge in [0.25, 0.3) is 0 Å². The molecule has 94 valence electrons. The number of carbonyl (C=O) groups is 1. The van der Waals surface area contributed by atoms with Gasteiger partial charge >= 0.3 is 0 Å². The van der Waals surface area contributed by atoms with Crippen LogP contribution in [0.5, 0.6) is 0 Å². The summed E-state index contributed by atoms with van der Waals surface area (Å²) >= 11 is 1.73. The van der Waals surface area contributed by atoms with Crippen molar-refractivity contribution in [3.8, 4) is 0 Å². The second kappa shape index (κ2) is 4.42. The van der Waals surface area contributed by atoms with Crippen molar-refractivity contribution in [3.63, 3.8) is 0 Å². The summed E-state index contributed by atoms with van der Waals surface area (Å²) < 4.78 is 0. The van der Waals surface area contributed by atoms with Crippen molar-refractivity contribution < 1.29 is 4.79 Å². The minimum Gasteiger partial charge on any atom is -0.355 e. The first kappa shape index (κ1) is 12.6. The van der Waals surface area contributed by atoms with Gasteiger partial charge in [0.1, 0.15) is 0 Å². The van der Waals surface area contributed by atoms with Crippen LogP contribution in [0.25, 0.3) is 0 Å². The standard InChI is InChI=1S/C13H20N2OS/c1-12(2,10-4-3-7-17-10)9-15-11(16)13(8-14)5-6-13/h3-4,7H,5-6,8-9,14H2,1-2H3,(H,15,16). The lowest BCUT2D eigenvalue weighted by atomic mass is 9.91. The van der Waals surface area contributed by atoms with E-state index in [1.165, 1.54) is 4.88 Å². The Bertz CT molecular complexity index is 394. The third kappa shape index (κ3) is 2.53. The highest BCUT2D eigenvalue weighted by molar-refractivity contribution is 7.10. The zero-order chi connectivity index (χ0) is 12.5. The maximum atomic E-state index is 12.0. The molecule has 2 rings (SSSR count). The molecule has 0 aromatic carbocycles. The quantitative estimate of drug-likeness (QED) is 0.840. The van der Waals surface area contributed by atoms with E-state index in [-0.39, 0.29) is 16.7 Å². The number of hydrogen-bond donors (Lipinski definition) is 2. The Morgan fingerprint density at radius 3 is 2.76 bits per heavy atom. The molecule has 0 spiro atoms. The van der Waals surface area contributed by atoms with Crippen LogP contribution in [-0.2, 0) is 10.2 Å². The Balaban J connectivity index is 1.92. The third-order valence-electron chi connectivity index (χ3n) is 3.61. The summed E-state index contributed by atoms with van der Waals surface area (Å²) in [5, 5.41) is 5.12. The predicted molar refractivity (Wildman–Crippen MR) is 71.1 cm³/mol. The molecule has 0 bridgehead atoms. The SMILES string of the molecule is CC(C)(CNC(=O)C1(CN)CC1)c1cccs1. The van der Waals surface area contributed by atoms with E-state index < -0.39 is 0 Å². The van der Waals surface area contributed by atoms with Gasteiger partial charge in [-0.15, -0.1) is 11.3 Å². The Morgan fingerprint density at radius 1 is 1.59 bits per heavy atom. The maximum absolute atomic E-state index is 12.0. The van der Waals surface area contributed by atoms with Crippen LogP contribution in [0.15, 0.2) is 17.5 Å². The Hall–Kier alpha value is -0.870. The first-order valence-electron chi connectivity index (χ1n) is 6.03. The second-order valence-electron chi connectivity index (χ2n) is 5.53. The lowest BCUT2D eigenvalue weighted by molar-refractivity contribution is -0.126. The normalized spacial score (nSPS) is 17.8. The Kier molecular flexibility index (Phi) is 3.27. The monoisotopic (exact) mass is 252 g/mol. The molecule has 0 aliphatic heterocycles. The fraction of sp³-hybridized carbons (Fsp3) is 0.615. The predicted octanol–water partition coefficient (Wildman–Crippen LogP) is 1.88. The Morgan fingerprint density at radius 2 is 2.29 bits per heavy atom. The van der Waals surface area contributed by atoms with Crippen LogP contribution in [0.1, 0.15) is 31.6 Å². The van der Waals surface area contributed by atoms with Gasteiger partial charge in [0.15, 0.2) is 0 Å². The number of rotatable bonds is 5. The van der Waals surface area contributed by atoms with Crippen LogP contribution in [0.2, 0.25) is 0 Å². The molecular formula is C13H20N2OS. The van der Waals surface area contributed by atoms with E-state index >= 15 is 0 Å². The number of nitrogens with one attached hydrogen (secondary N) is 1. The van der Waals surface area contributed by atoms with E-state index in [1.54, 1.807) is 11.3 Å². The number of hydrogen-bond acceptors (Lipinski definition) is 3. The fourth-order valence-corrected chi connectivity index (χ4v) is 2.77. The summed E-state index contributed by atoms with van der Waals surface area (Å²) in [4.78, 5) is 13.3. The Labute approximate surface area is 106 Å². The number of carbonyl (C=O) groups excluding carboxylic acids is 1. The average Bonchev–Trinajstić information content (AvgIpc) is 2.90. The molecule has 0 unspecified atom stereocenters. The van der Waals surface area contributed by atoms with Crippen LogP contribution >= 0.6 is 11.3 Å². The van der Waals surface area contributed by atoms with E-state index in [4.69, 9.17) is 5.73 Å². The van der Waals surface area contributed by atoms with Crippen LogP contribution < -0.4 is 11.1 Å². The summed E-state index contributed by atoms with van der Waals surface area (Å²) in [6.45, 7) is 5.45. The molecule has 1 aliphatic rings. The molecule has 0 atom stereocenters. The van der Waals surface area contributed by atoms with Gasteiger partial charge in [0.05, 0.1) is 5.41 Å². The van der Waals surface area contributed by atoms with Crippen molar-refractivity contribution in [1.29, 1.82) is 0 Å². The number of amides is 1. The highest BCUT2D eigenvalue weighted by atomic mass is 32.1. The average molecular weight is 252 g/mol. The molecule has 4 heteroatoms. The molecule has 0 saturated heterocycles. The van der Waals surface area contributed by atoms with Gasteiger partial charge in [0.2, 0.25) is 5.91 Å². The lowest BCUT2D eigenvalue weighted by Gasteiger charge is -2.25. The van der Waals surface area contributed by atoms with Crippen molar-refractivity contribution in [3.05, 3.63) is 22.4 Å². The van der Waals surface area contributed by atoms with Crippen molar-refractivity contribution in [2.24, 2.45) is 11.1 Å². The zero-order valence-electron chi connectivity index (χ0n) is 10.5. The molecular weight excluding hydrogens is 232 g/mol. The summed E-state index contributed by atoms with van der Waals surface area (Å²) in [6.07, 6.45) is 1.88. The summed E-state index contributed by atoms with van der Waals surface area (Å²) in [5.74, 6) is 0.129. The third-order valence-corrected chi connectivity index (χ3v) is 4.84. The van der Waals surface area contributed by atoms with Gasteiger partial charge in [-0.05, 0) is 24.3 Å². The molecule has 1 saturated carbocycles. The summed E-state index contributed by atoms with van der Waals surface area (Å²) in [5.41, 5.74) is 5.39. The molecule has 0 radical (unpaired) electrons. The molecule has 1 aliphatic carbocycles. The van der Waals surface area contributed by atoms with Crippen LogP contribution in [0.4, 0.5) is 0 Å². The van der Waals surface area contributed by atoms with E-state index in [2.05, 4.69) is 30.6 Å². The summed E-state index contributed by atoms with van der Waals surface area (Å²) in [7, 11) is 0. The number of thiophene rings is 1. The molecule has 1 heterocycles. The molecule has 1 aromatic heterocycles. The van der Waals surface area contributed by atoms with Gasteiger partial charge in [-0.25, -0.2) is 0 Å². The molecule has 17 heavy (non-hydrogen) atoms. The molecule has 1 aromatic rings. The van der Waals surface area contributed by atoms with Gasteiger partial charge in [-0.3, -0.25) is 4.79 Å². The van der Waals surface area contributed by atoms with Crippen molar-refractivity contribution in [2.45, 2.75) is 32.1 Å². The number of nitrogens with two attached hydrogens (primary N) is 1. The van der Waals surface area contributed by atoms with Crippen molar-refractivity contribution in [2.75, 3.05) is 13.1 Å². The van der Waals surface area contributed by atoms with Crippen LogP contribution in [0.3, 0.4) is 0 Å². The smallest absolute Gasteiger partial charge is 0.227 e. The van der Waals surface area contributed by atoms with Crippen molar-refractivity contribution >= 4 is 17.2 Å². The van der Waals surface area contributed by atoms with E-state index in [0.717, 1.165) is 12.8 Å². The highest BCUT2D eigenvalue weighted by Gasteiger charge is 2.48. The zero-order valence-corrected chi connectivity index (χ0v) is 11.3. The molecule has 1 amide bonds. The van der Waals surface area contributed by atoms with Gasteiger partial charge in [0, 0.05) is 23.4 Å². The molecule has 1 fully saturated rings. The second-order valence-corrected chi connectivity index (χ2v) is 6.48. The highest BCUT2D eigenvalue weighted by Crippen LogP contribution is 2.44. The lowest BCUT2D eigenvalue weighted by Crippen LogP contribution is -2.42. The summed E-state index contributed by atoms with van der Waals surface area (Å²) in [6, 6.07) is 4.17. The minimum absolute atomic E-state index is 0.00545. The van der Waals surface area contributed by atoms with Crippen molar-refractivity contribution in [1.82, 2.24) is 5.32 Å². The first-order chi connectivity index (χ1) is 8.00. The van der Waals surface area contributed by atoms with E-state index in [1.807, 2.05) is 6.07 Å². The first-order valence-corrected chi connectivity index (χ1v) is 6.90. The van der Waals surface area contributed by atoms with Crippen LogP contribution in [0, 0.1) is 5.41 Å². The van der Waals surface area contributed by atoms with E-state index in [9.17, 15) is 4.79 Å². The van der Waals surface area contributed by atoms with Gasteiger partial charge in [-0.1, -0.05) is 19.9 Å². The van der Waals surface area contributed by atoms with Crippen LogP contribution in [-0.4, -0.2) is 19.0 Å². The van der Waals surface area contributed by atoms with Gasteiger partial charge < -0.3 is 11.1 Å².